The molecule has 0 radical (unpaired) electrons. The first-order chi connectivity index (χ1) is 13.1. The van der Waals surface area contributed by atoms with Crippen LogP contribution in [0.1, 0.15) is 41.5 Å². The molecule has 1 unspecified atom stereocenters. The molecule has 2 aromatic carbocycles. The third-order valence-corrected chi connectivity index (χ3v) is 5.66. The predicted molar refractivity (Wildman–Crippen MR) is 112 cm³/mol. The summed E-state index contributed by atoms with van der Waals surface area (Å²) in [6.45, 7) is 7.07. The van der Waals surface area contributed by atoms with Gasteiger partial charge in [0.2, 0.25) is 0 Å². The molecule has 0 aliphatic carbocycles. The molecule has 0 aliphatic rings. The van der Waals surface area contributed by atoms with Crippen molar-refractivity contribution in [2.24, 2.45) is 0 Å². The molecule has 5 heteroatoms. The van der Waals surface area contributed by atoms with Crippen molar-refractivity contribution in [3.05, 3.63) is 65.4 Å². The van der Waals surface area contributed by atoms with Crippen LogP contribution in [-0.2, 0) is 6.54 Å². The molecule has 1 heterocycles. The Morgan fingerprint density at radius 2 is 1.89 bits per heavy atom. The van der Waals surface area contributed by atoms with Crippen LogP contribution < -0.4 is 5.32 Å². The zero-order valence-corrected chi connectivity index (χ0v) is 16.8. The molecule has 0 bridgehead atoms. The van der Waals surface area contributed by atoms with Gasteiger partial charge in [0.05, 0.1) is 12.6 Å². The number of rotatable bonds is 7. The smallest absolute Gasteiger partial charge is 0.251 e. The maximum atomic E-state index is 12.7. The summed E-state index contributed by atoms with van der Waals surface area (Å²) in [6, 6.07) is 15.4. The van der Waals surface area contributed by atoms with E-state index in [1.54, 1.807) is 11.8 Å². The summed E-state index contributed by atoms with van der Waals surface area (Å²) >= 11 is 1.77. The van der Waals surface area contributed by atoms with Gasteiger partial charge in [0.15, 0.2) is 0 Å². The van der Waals surface area contributed by atoms with E-state index in [0.717, 1.165) is 28.8 Å². The van der Waals surface area contributed by atoms with Gasteiger partial charge in [-0.15, -0.1) is 11.8 Å². The van der Waals surface area contributed by atoms with Crippen molar-refractivity contribution in [2.75, 3.05) is 12.4 Å². The molecule has 2 N–H and O–H groups in total. The zero-order valence-electron chi connectivity index (χ0n) is 16.0. The normalized spacial score (nSPS) is 12.3. The molecular weight excluding hydrogens is 356 g/mol. The highest BCUT2D eigenvalue weighted by molar-refractivity contribution is 7.99. The Kier molecular flexibility index (Phi) is 6.24. The van der Waals surface area contributed by atoms with Crippen LogP contribution in [0.2, 0.25) is 0 Å². The first-order valence-corrected chi connectivity index (χ1v) is 10.3. The fourth-order valence-corrected chi connectivity index (χ4v) is 4.07. The molecule has 27 heavy (non-hydrogen) atoms. The van der Waals surface area contributed by atoms with Crippen molar-refractivity contribution in [1.82, 2.24) is 9.88 Å². The van der Waals surface area contributed by atoms with E-state index in [-0.39, 0.29) is 12.5 Å². The summed E-state index contributed by atoms with van der Waals surface area (Å²) in [7, 11) is 0. The number of hydrogen-bond acceptors (Lipinski definition) is 3. The number of carbonyl (C=O) groups is 1. The van der Waals surface area contributed by atoms with Gasteiger partial charge in [-0.25, -0.2) is 0 Å². The van der Waals surface area contributed by atoms with E-state index in [1.807, 2.05) is 42.5 Å². The number of aryl methyl sites for hydroxylation is 2. The summed E-state index contributed by atoms with van der Waals surface area (Å²) in [6.07, 6.45) is 0. The van der Waals surface area contributed by atoms with Crippen LogP contribution in [0.25, 0.3) is 10.9 Å². The minimum absolute atomic E-state index is 0.139. The predicted octanol–water partition coefficient (Wildman–Crippen LogP) is 4.55. The molecule has 142 valence electrons. The first kappa shape index (κ1) is 19.5. The van der Waals surface area contributed by atoms with E-state index >= 15 is 0 Å². The molecule has 3 rings (SSSR count). The number of amides is 1. The Bertz CT molecular complexity index is 931. The zero-order chi connectivity index (χ0) is 19.4. The molecule has 0 aliphatic heterocycles. The van der Waals surface area contributed by atoms with Crippen LogP contribution in [0.5, 0.6) is 0 Å². The number of aliphatic hydroxyl groups is 1. The Hall–Kier alpha value is -2.24. The van der Waals surface area contributed by atoms with Gasteiger partial charge in [0.25, 0.3) is 5.91 Å². The highest BCUT2D eigenvalue weighted by Crippen LogP contribution is 2.23. The number of aromatic nitrogens is 1. The average Bonchev–Trinajstić information content (AvgIpc) is 3.00. The number of thioether (sulfide) groups is 1. The molecule has 0 saturated heterocycles. The molecule has 3 aromatic rings. The second kappa shape index (κ2) is 8.63. The van der Waals surface area contributed by atoms with Gasteiger partial charge >= 0.3 is 0 Å². The van der Waals surface area contributed by atoms with Crippen LogP contribution >= 0.6 is 11.8 Å². The number of nitrogens with one attached hydrogen (secondary N) is 1. The summed E-state index contributed by atoms with van der Waals surface area (Å²) in [4.78, 5) is 13.9. The standard InChI is InChI=1S/C22H26N2O2S/c1-4-24-15(3)12-18-13-17(8-11-21(18)24)22(26)23-20(14-25)16-6-9-19(10-7-16)27-5-2/h6-13,20,25H,4-5,14H2,1-3H3,(H,23,26). The van der Waals surface area contributed by atoms with Crippen molar-refractivity contribution in [3.8, 4) is 0 Å². The van der Waals surface area contributed by atoms with Gasteiger partial charge in [-0.3, -0.25) is 4.79 Å². The number of hydrogen-bond donors (Lipinski definition) is 2. The van der Waals surface area contributed by atoms with Crippen molar-refractivity contribution in [2.45, 2.75) is 38.3 Å². The molecule has 1 amide bonds. The number of aliphatic hydroxyl groups excluding tert-OH is 1. The van der Waals surface area contributed by atoms with Crippen molar-refractivity contribution < 1.29 is 9.90 Å². The molecular formula is C22H26N2O2S. The fraction of sp³-hybridized carbons (Fsp3) is 0.318. The highest BCUT2D eigenvalue weighted by atomic mass is 32.2. The Balaban J connectivity index is 1.79. The SMILES string of the molecule is CCSc1ccc(C(CO)NC(=O)c2ccc3c(c2)cc(C)n3CC)cc1. The minimum atomic E-state index is -0.421. The number of nitrogens with zero attached hydrogens (tertiary/aromatic N) is 1. The van der Waals surface area contributed by atoms with Crippen LogP contribution in [-0.4, -0.2) is 27.9 Å². The van der Waals surface area contributed by atoms with Gasteiger partial charge in [0.1, 0.15) is 0 Å². The van der Waals surface area contributed by atoms with Crippen LogP contribution in [0.15, 0.2) is 53.4 Å². The summed E-state index contributed by atoms with van der Waals surface area (Å²) < 4.78 is 2.23. The fourth-order valence-electron chi connectivity index (χ4n) is 3.41. The number of carbonyl (C=O) groups excluding carboxylic acids is 1. The Labute approximate surface area is 164 Å². The van der Waals surface area contributed by atoms with Crippen LogP contribution in [0.4, 0.5) is 0 Å². The average molecular weight is 383 g/mol. The van der Waals surface area contributed by atoms with E-state index < -0.39 is 6.04 Å². The largest absolute Gasteiger partial charge is 0.394 e. The van der Waals surface area contributed by atoms with Gasteiger partial charge in [-0.2, -0.15) is 0 Å². The number of benzene rings is 2. The maximum Gasteiger partial charge on any atom is 0.251 e. The summed E-state index contributed by atoms with van der Waals surface area (Å²) in [5.74, 6) is 0.839. The summed E-state index contributed by atoms with van der Waals surface area (Å²) in [5.41, 5.74) is 3.82. The van der Waals surface area contributed by atoms with Gasteiger partial charge in [-0.05, 0) is 61.6 Å². The first-order valence-electron chi connectivity index (χ1n) is 9.31. The molecule has 0 spiro atoms. The maximum absolute atomic E-state index is 12.7. The third-order valence-electron chi connectivity index (χ3n) is 4.77. The minimum Gasteiger partial charge on any atom is -0.394 e. The van der Waals surface area contributed by atoms with Crippen molar-refractivity contribution in [3.63, 3.8) is 0 Å². The second-order valence-electron chi connectivity index (χ2n) is 6.51. The van der Waals surface area contributed by atoms with E-state index in [1.165, 1.54) is 10.6 Å². The van der Waals surface area contributed by atoms with E-state index in [0.29, 0.717) is 5.56 Å². The lowest BCUT2D eigenvalue weighted by molar-refractivity contribution is 0.0916. The Morgan fingerprint density at radius 1 is 1.15 bits per heavy atom. The van der Waals surface area contributed by atoms with Crippen molar-refractivity contribution in [1.29, 1.82) is 0 Å². The molecule has 1 aromatic heterocycles. The van der Waals surface area contributed by atoms with E-state index in [9.17, 15) is 9.90 Å². The Morgan fingerprint density at radius 3 is 2.52 bits per heavy atom. The second-order valence-corrected chi connectivity index (χ2v) is 7.85. The molecule has 0 saturated carbocycles. The number of fused-ring (bicyclic) bond motifs is 1. The van der Waals surface area contributed by atoms with Gasteiger partial charge in [0, 0.05) is 33.6 Å². The monoisotopic (exact) mass is 382 g/mol. The highest BCUT2D eigenvalue weighted by Gasteiger charge is 2.16. The van der Waals surface area contributed by atoms with Gasteiger partial charge in [-0.1, -0.05) is 19.1 Å². The van der Waals surface area contributed by atoms with E-state index in [4.69, 9.17) is 0 Å². The molecule has 0 fully saturated rings. The third kappa shape index (κ3) is 4.20. The summed E-state index contributed by atoms with van der Waals surface area (Å²) in [5, 5.41) is 13.8. The lowest BCUT2D eigenvalue weighted by atomic mass is 10.1. The molecule has 4 nitrogen and oxygen atoms in total. The van der Waals surface area contributed by atoms with Gasteiger partial charge < -0.3 is 15.0 Å². The van der Waals surface area contributed by atoms with E-state index in [2.05, 4.69) is 36.7 Å². The van der Waals surface area contributed by atoms with Crippen LogP contribution in [0.3, 0.4) is 0 Å². The van der Waals surface area contributed by atoms with Crippen LogP contribution in [0, 0.1) is 6.92 Å². The topological polar surface area (TPSA) is 54.3 Å². The van der Waals surface area contributed by atoms with Crippen molar-refractivity contribution >= 4 is 28.6 Å². The lowest BCUT2D eigenvalue weighted by Crippen LogP contribution is -2.30. The molecule has 1 atom stereocenters. The quantitative estimate of drug-likeness (QED) is 0.590. The lowest BCUT2D eigenvalue weighted by Gasteiger charge is -2.17.